The zero-order valence-corrected chi connectivity index (χ0v) is 16.6. The standard InChI is InChI=1S/C24H19N3O3/c1-14-5-3-4-6-22(14)30-16-7-8-18-21(13-16)26-27(2)23(18)15-11-19-17(24(28)29)9-10-25-20(19)12-15/h3-10,12-13H,11H2,1-2H3,(H,28,29). The third-order valence-electron chi connectivity index (χ3n) is 5.43. The van der Waals surface area contributed by atoms with E-state index in [4.69, 9.17) is 4.74 Å². The third kappa shape index (κ3) is 2.93. The highest BCUT2D eigenvalue weighted by atomic mass is 16.5. The summed E-state index contributed by atoms with van der Waals surface area (Å²) in [5, 5.41) is 15.1. The lowest BCUT2D eigenvalue weighted by Crippen LogP contribution is -2.04. The Hall–Kier alpha value is -3.93. The average molecular weight is 397 g/mol. The molecule has 0 amide bonds. The van der Waals surface area contributed by atoms with E-state index in [2.05, 4.69) is 10.1 Å². The van der Waals surface area contributed by atoms with Crippen molar-refractivity contribution in [1.29, 1.82) is 0 Å². The number of allylic oxidation sites excluding steroid dienone is 1. The number of aromatic carboxylic acids is 1. The molecule has 0 spiro atoms. The fraction of sp³-hybridized carbons (Fsp3) is 0.125. The summed E-state index contributed by atoms with van der Waals surface area (Å²) < 4.78 is 7.88. The second-order valence-electron chi connectivity index (χ2n) is 7.39. The molecule has 1 N–H and O–H groups in total. The Balaban J connectivity index is 1.52. The van der Waals surface area contributed by atoms with Gasteiger partial charge in [0.2, 0.25) is 0 Å². The molecule has 5 rings (SSSR count). The fourth-order valence-corrected chi connectivity index (χ4v) is 4.00. The number of fused-ring (bicyclic) bond motifs is 2. The van der Waals surface area contributed by atoms with Crippen LogP contribution < -0.4 is 4.74 Å². The van der Waals surface area contributed by atoms with Crippen molar-refractivity contribution in [2.24, 2.45) is 7.05 Å². The average Bonchev–Trinajstić information content (AvgIpc) is 3.28. The number of carbonyl (C=O) groups is 1. The predicted molar refractivity (Wildman–Crippen MR) is 115 cm³/mol. The molecule has 0 bridgehead atoms. The summed E-state index contributed by atoms with van der Waals surface area (Å²) in [6.45, 7) is 2.01. The lowest BCUT2D eigenvalue weighted by atomic mass is 10.0. The number of hydrogen-bond acceptors (Lipinski definition) is 4. The number of hydrogen-bond donors (Lipinski definition) is 1. The van der Waals surface area contributed by atoms with Crippen LogP contribution in [0, 0.1) is 6.92 Å². The molecule has 0 saturated carbocycles. The molecular weight excluding hydrogens is 378 g/mol. The second kappa shape index (κ2) is 6.84. The lowest BCUT2D eigenvalue weighted by Gasteiger charge is -2.08. The van der Waals surface area contributed by atoms with E-state index in [-0.39, 0.29) is 0 Å². The quantitative estimate of drug-likeness (QED) is 0.532. The van der Waals surface area contributed by atoms with E-state index in [9.17, 15) is 9.90 Å². The molecule has 6 nitrogen and oxygen atoms in total. The van der Waals surface area contributed by atoms with Gasteiger partial charge in [-0.2, -0.15) is 5.10 Å². The van der Waals surface area contributed by atoms with E-state index in [0.29, 0.717) is 17.7 Å². The van der Waals surface area contributed by atoms with E-state index in [1.54, 1.807) is 6.07 Å². The van der Waals surface area contributed by atoms with Gasteiger partial charge in [-0.15, -0.1) is 0 Å². The van der Waals surface area contributed by atoms with Crippen LogP contribution in [0.5, 0.6) is 11.5 Å². The number of pyridine rings is 1. The minimum Gasteiger partial charge on any atom is -0.478 e. The first-order valence-corrected chi connectivity index (χ1v) is 9.63. The van der Waals surface area contributed by atoms with Gasteiger partial charge in [0.05, 0.1) is 22.5 Å². The van der Waals surface area contributed by atoms with Crippen LogP contribution in [-0.2, 0) is 13.5 Å². The van der Waals surface area contributed by atoms with E-state index in [1.807, 2.05) is 67.2 Å². The number of nitrogens with zero attached hydrogens (tertiary/aromatic N) is 3. The Kier molecular flexibility index (Phi) is 4.13. The molecular formula is C24H19N3O3. The number of para-hydroxylation sites is 1. The first kappa shape index (κ1) is 18.1. The number of rotatable bonds is 4. The highest BCUT2D eigenvalue weighted by Gasteiger charge is 2.24. The number of aryl methyl sites for hydroxylation is 2. The predicted octanol–water partition coefficient (Wildman–Crippen LogP) is 4.86. The number of benzene rings is 2. The van der Waals surface area contributed by atoms with Gasteiger partial charge in [0.15, 0.2) is 0 Å². The minimum absolute atomic E-state index is 0.298. The zero-order valence-electron chi connectivity index (χ0n) is 16.6. The largest absolute Gasteiger partial charge is 0.478 e. The van der Waals surface area contributed by atoms with Crippen LogP contribution in [0.15, 0.2) is 54.7 Å². The molecule has 1 aliphatic carbocycles. The van der Waals surface area contributed by atoms with Gasteiger partial charge in [0.1, 0.15) is 11.5 Å². The van der Waals surface area contributed by atoms with E-state index >= 15 is 0 Å². The van der Waals surface area contributed by atoms with Gasteiger partial charge in [-0.25, -0.2) is 4.79 Å². The summed E-state index contributed by atoms with van der Waals surface area (Å²) in [6, 6.07) is 15.3. The highest BCUT2D eigenvalue weighted by Crippen LogP contribution is 2.37. The Morgan fingerprint density at radius 1 is 1.17 bits per heavy atom. The monoisotopic (exact) mass is 397 g/mol. The van der Waals surface area contributed by atoms with Crippen molar-refractivity contribution >= 4 is 28.5 Å². The molecule has 6 heteroatoms. The van der Waals surface area contributed by atoms with Crippen LogP contribution in [0.2, 0.25) is 0 Å². The molecule has 30 heavy (non-hydrogen) atoms. The molecule has 2 aromatic carbocycles. The summed E-state index contributed by atoms with van der Waals surface area (Å²) in [7, 11) is 1.90. The molecule has 0 unspecified atom stereocenters. The van der Waals surface area contributed by atoms with Crippen LogP contribution in [0.3, 0.4) is 0 Å². The lowest BCUT2D eigenvalue weighted by molar-refractivity contribution is 0.0695. The number of ether oxygens (including phenoxy) is 1. The van der Waals surface area contributed by atoms with Crippen LogP contribution in [-0.4, -0.2) is 25.8 Å². The first-order valence-electron chi connectivity index (χ1n) is 9.63. The third-order valence-corrected chi connectivity index (χ3v) is 5.43. The molecule has 0 radical (unpaired) electrons. The van der Waals surface area contributed by atoms with E-state index < -0.39 is 5.97 Å². The van der Waals surface area contributed by atoms with Crippen molar-refractivity contribution in [3.63, 3.8) is 0 Å². The Bertz CT molecular complexity index is 1350. The molecule has 0 saturated heterocycles. The second-order valence-corrected chi connectivity index (χ2v) is 7.39. The van der Waals surface area contributed by atoms with Crippen LogP contribution in [0.25, 0.3) is 22.6 Å². The summed E-state index contributed by atoms with van der Waals surface area (Å²) in [4.78, 5) is 15.9. The Morgan fingerprint density at radius 3 is 2.80 bits per heavy atom. The SMILES string of the molecule is Cc1ccccc1Oc1ccc2c(C3=Cc4nccc(C(=O)O)c4C3)n(C)nc2c1. The number of aromatic nitrogens is 3. The molecule has 0 aliphatic heterocycles. The van der Waals surface area contributed by atoms with Gasteiger partial charge in [0, 0.05) is 31.1 Å². The first-order chi connectivity index (χ1) is 14.5. The molecule has 1 aliphatic rings. The van der Waals surface area contributed by atoms with Crippen LogP contribution >= 0.6 is 0 Å². The zero-order chi connectivity index (χ0) is 20.8. The van der Waals surface area contributed by atoms with Gasteiger partial charge in [-0.3, -0.25) is 9.67 Å². The highest BCUT2D eigenvalue weighted by molar-refractivity contribution is 6.00. The van der Waals surface area contributed by atoms with Gasteiger partial charge in [-0.05, 0) is 54.0 Å². The van der Waals surface area contributed by atoms with Crippen molar-refractivity contribution in [2.45, 2.75) is 13.3 Å². The van der Waals surface area contributed by atoms with Gasteiger partial charge in [-0.1, -0.05) is 18.2 Å². The summed E-state index contributed by atoms with van der Waals surface area (Å²) >= 11 is 0. The fourth-order valence-electron chi connectivity index (χ4n) is 4.00. The van der Waals surface area contributed by atoms with E-state index in [1.165, 1.54) is 6.20 Å². The maximum atomic E-state index is 11.6. The summed E-state index contributed by atoms with van der Waals surface area (Å²) in [5.41, 5.74) is 5.60. The minimum atomic E-state index is -0.934. The molecule has 2 heterocycles. The molecule has 0 fully saturated rings. The topological polar surface area (TPSA) is 77.2 Å². The Labute approximate surface area is 173 Å². The van der Waals surface area contributed by atoms with E-state index in [0.717, 1.165) is 44.8 Å². The normalized spacial score (nSPS) is 12.7. The summed E-state index contributed by atoms with van der Waals surface area (Å²) in [6.07, 6.45) is 4.01. The maximum Gasteiger partial charge on any atom is 0.336 e. The number of carboxylic acids is 1. The number of carboxylic acid groups (broad SMARTS) is 1. The Morgan fingerprint density at radius 2 is 2.00 bits per heavy atom. The van der Waals surface area contributed by atoms with Gasteiger partial charge >= 0.3 is 5.97 Å². The molecule has 2 aromatic heterocycles. The smallest absolute Gasteiger partial charge is 0.336 e. The van der Waals surface area contributed by atoms with Gasteiger partial charge in [0.25, 0.3) is 0 Å². The van der Waals surface area contributed by atoms with Gasteiger partial charge < -0.3 is 9.84 Å². The van der Waals surface area contributed by atoms with Crippen molar-refractivity contribution in [3.05, 3.63) is 82.8 Å². The molecule has 148 valence electrons. The summed E-state index contributed by atoms with van der Waals surface area (Å²) in [5.74, 6) is 0.602. The van der Waals surface area contributed by atoms with Crippen molar-refractivity contribution in [2.75, 3.05) is 0 Å². The van der Waals surface area contributed by atoms with Crippen molar-refractivity contribution < 1.29 is 14.6 Å². The van der Waals surface area contributed by atoms with Crippen LogP contribution in [0.1, 0.15) is 32.9 Å². The molecule has 4 aromatic rings. The molecule has 0 atom stereocenters. The maximum absolute atomic E-state index is 11.6. The van der Waals surface area contributed by atoms with Crippen LogP contribution in [0.4, 0.5) is 0 Å². The van der Waals surface area contributed by atoms with Crippen molar-refractivity contribution in [3.8, 4) is 11.5 Å². The van der Waals surface area contributed by atoms with Crippen molar-refractivity contribution in [1.82, 2.24) is 14.8 Å².